The second-order valence-electron chi connectivity index (χ2n) is 23.8. The maximum absolute atomic E-state index is 11.8. The average Bonchev–Trinajstić information content (AvgIpc) is 0.788. The lowest BCUT2D eigenvalue weighted by Crippen LogP contribution is -2.69. The summed E-state index contributed by atoms with van der Waals surface area (Å²) in [6.07, 6.45) is -77.8. The van der Waals surface area contributed by atoms with E-state index in [-0.39, 0.29) is 6.54 Å². The van der Waals surface area contributed by atoms with Gasteiger partial charge in [-0.05, 0) is 0 Å². The Morgan fingerprint density at radius 3 is 0.505 bits per heavy atom. The average molecular weight is 1360 g/mol. The Bertz CT molecular complexity index is 2440. The normalized spacial score (nSPS) is 53.0. The Labute approximate surface area is 525 Å². The van der Waals surface area contributed by atoms with E-state index in [0.717, 1.165) is 0 Å². The summed E-state index contributed by atoms with van der Waals surface area (Å²) in [5, 5.41) is 258. The van der Waals surface area contributed by atoms with E-state index < -0.39 is 292 Å². The van der Waals surface area contributed by atoms with Gasteiger partial charge in [-0.1, -0.05) is 6.07 Å². The zero-order chi connectivity index (χ0) is 67.2. The van der Waals surface area contributed by atoms with E-state index in [1.807, 2.05) is 0 Å². The summed E-state index contributed by atoms with van der Waals surface area (Å²) in [6.45, 7) is -7.74. The molecular formula is C53H84NO39+. The van der Waals surface area contributed by atoms with Crippen LogP contribution in [0.5, 0.6) is 0 Å². The largest absolute Gasteiger partial charge is 0.394 e. The summed E-state index contributed by atoms with van der Waals surface area (Å²) in [7, 11) is 0. The van der Waals surface area contributed by atoms with Gasteiger partial charge in [0, 0.05) is 12.1 Å². The van der Waals surface area contributed by atoms with E-state index in [1.54, 1.807) is 30.6 Å². The van der Waals surface area contributed by atoms with Crippen molar-refractivity contribution in [1.29, 1.82) is 0 Å². The van der Waals surface area contributed by atoms with Gasteiger partial charge in [0.05, 0.1) is 46.2 Å². The number of nitrogens with zero attached hydrogens (tertiary/aromatic N) is 1. The molecule has 40 heteroatoms. The van der Waals surface area contributed by atoms with E-state index >= 15 is 0 Å². The molecule has 30 aliphatic rings. The Morgan fingerprint density at radius 1 is 0.194 bits per heavy atom. The highest BCUT2D eigenvalue weighted by molar-refractivity contribution is 5.02. The molecule has 0 spiro atoms. The number of hydrogen-bond acceptors (Lipinski definition) is 39. The Hall–Kier alpha value is -2.41. The first-order chi connectivity index (χ1) is 44.4. The number of pyridine rings is 1. The van der Waals surface area contributed by atoms with Gasteiger partial charge in [0.15, 0.2) is 69.3 Å². The first kappa shape index (κ1) is 73.3. The third-order valence-electron chi connectivity index (χ3n) is 17.9. The molecule has 40 nitrogen and oxygen atoms in total. The molecule has 30 fully saturated rings. The van der Waals surface area contributed by atoms with Gasteiger partial charge in [-0.15, -0.1) is 0 Å². The third kappa shape index (κ3) is 14.8. The highest BCUT2D eigenvalue weighted by Gasteiger charge is 2.60. The third-order valence-corrected chi connectivity index (χ3v) is 17.9. The van der Waals surface area contributed by atoms with Crippen LogP contribution >= 0.6 is 0 Å². The highest BCUT2D eigenvalue weighted by Crippen LogP contribution is 2.40. The molecule has 23 N–H and O–H groups in total. The fourth-order valence-electron chi connectivity index (χ4n) is 12.7. The molecule has 31 rings (SSSR count). The molecular weight excluding hydrogens is 1270 g/mol. The van der Waals surface area contributed by atoms with Crippen LogP contribution in [0.3, 0.4) is 0 Å². The van der Waals surface area contributed by atoms with Gasteiger partial charge >= 0.3 is 0 Å². The molecule has 30 saturated heterocycles. The van der Waals surface area contributed by atoms with Crippen LogP contribution in [0.25, 0.3) is 0 Å². The number of ether oxygens (including phenoxy) is 16. The zero-order valence-electron chi connectivity index (χ0n) is 48.9. The van der Waals surface area contributed by atoms with Crippen LogP contribution in [-0.2, 0) is 82.3 Å². The zero-order valence-corrected chi connectivity index (χ0v) is 48.9. The minimum Gasteiger partial charge on any atom is -0.394 e. The fraction of sp³-hybridized carbons (Fsp3) is 0.906. The van der Waals surface area contributed by atoms with E-state index in [4.69, 9.17) is 75.8 Å². The van der Waals surface area contributed by atoms with Crippen molar-refractivity contribution in [3.05, 3.63) is 30.6 Å². The summed E-state index contributed by atoms with van der Waals surface area (Å²) >= 11 is 0. The molecule has 0 aliphatic carbocycles. The Balaban J connectivity index is 0.927. The summed E-state index contributed by atoms with van der Waals surface area (Å²) in [4.78, 5) is 0. The second-order valence-corrected chi connectivity index (χ2v) is 23.8. The van der Waals surface area contributed by atoms with Gasteiger partial charge in [-0.3, -0.25) is 0 Å². The minimum atomic E-state index is -2.25. The molecule has 0 radical (unpaired) electrons. The van der Waals surface area contributed by atoms with Crippen molar-refractivity contribution < 1.29 is 198 Å². The first-order valence-electron chi connectivity index (χ1n) is 30.0. The van der Waals surface area contributed by atoms with Crippen molar-refractivity contribution in [2.45, 2.75) is 252 Å². The molecule has 0 unspecified atom stereocenters. The van der Waals surface area contributed by atoms with Crippen LogP contribution in [0.2, 0.25) is 0 Å². The quantitative estimate of drug-likeness (QED) is 0.102. The van der Waals surface area contributed by atoms with E-state index in [1.165, 1.54) is 4.57 Å². The number of hydrogen-bond donors (Lipinski definition) is 23. The molecule has 16 bridgehead atoms. The van der Waals surface area contributed by atoms with Gasteiger partial charge in [0.2, 0.25) is 0 Å². The van der Waals surface area contributed by atoms with Crippen molar-refractivity contribution >= 4 is 0 Å². The van der Waals surface area contributed by atoms with Crippen LogP contribution in [0.1, 0.15) is 0 Å². The molecule has 31 heterocycles. The monoisotopic (exact) mass is 1360 g/mol. The van der Waals surface area contributed by atoms with Crippen molar-refractivity contribution in [2.75, 3.05) is 46.2 Å². The molecule has 534 valence electrons. The lowest BCUT2D eigenvalue weighted by Gasteiger charge is -2.50. The summed E-state index contributed by atoms with van der Waals surface area (Å²) in [5.74, 6) is 0. The lowest BCUT2D eigenvalue weighted by molar-refractivity contribution is -0.707. The summed E-state index contributed by atoms with van der Waals surface area (Å²) in [5.41, 5.74) is 0. The molecule has 0 saturated carbocycles. The summed E-state index contributed by atoms with van der Waals surface area (Å²) in [6, 6.07) is 4.86. The van der Waals surface area contributed by atoms with Crippen LogP contribution in [0.15, 0.2) is 30.6 Å². The smallest absolute Gasteiger partial charge is 0.187 e. The topological polar surface area (TPSA) is 617 Å². The van der Waals surface area contributed by atoms with E-state index in [0.29, 0.717) is 0 Å². The van der Waals surface area contributed by atoms with Crippen LogP contribution < -0.4 is 4.57 Å². The maximum atomic E-state index is 11.8. The number of aromatic nitrogens is 1. The van der Waals surface area contributed by atoms with Crippen molar-refractivity contribution in [2.24, 2.45) is 0 Å². The Kier molecular flexibility index (Phi) is 24.8. The predicted molar refractivity (Wildman–Crippen MR) is 281 cm³/mol. The molecule has 93 heavy (non-hydrogen) atoms. The number of rotatable bonds is 9. The number of aliphatic hydroxyl groups is 23. The van der Waals surface area contributed by atoms with Crippen molar-refractivity contribution in [3.8, 4) is 0 Å². The van der Waals surface area contributed by atoms with Gasteiger partial charge in [-0.25, -0.2) is 4.57 Å². The van der Waals surface area contributed by atoms with Crippen LogP contribution in [-0.4, -0.2) is 409 Å². The number of aliphatic hydroxyl groups excluding tert-OH is 23. The van der Waals surface area contributed by atoms with Crippen LogP contribution in [0.4, 0.5) is 0 Å². The van der Waals surface area contributed by atoms with Gasteiger partial charge in [0.25, 0.3) is 0 Å². The predicted octanol–water partition coefficient (Wildman–Crippen LogP) is -16.4. The SMILES string of the molecule is OC[C@H]1O[C@@H]2O[C@H]3[C@H](O)[C@@H](O)[C@@H](O[C@H]4[C@@H](O)[C@H](O)[C@@H](O[C@H]5[C@H](O)[C@@H](O)[C@@H](O[C@H]6[C@H](O)[C@@H](O)[C@@H](O[C@H]7[C@H](O)[C@@H](O)[C@@H](O[C@H]8[C@H](O)[C@@H](O)[C@@H](O[C@H]9[C@@H](O)[C@H](O)[C@@H](O[C@H]1[C@H](O)[C@@H]2O)O[C@@H]9CO)O[C@@H]8C[n+]1ccccc1)O[C@@H]7CO)O[C@@H]6CO)O[C@@H]5CO)O[C@@H]4CO)O[C@@H]3CO. The van der Waals surface area contributed by atoms with E-state index in [2.05, 4.69) is 0 Å². The highest BCUT2D eigenvalue weighted by atomic mass is 16.8. The molecule has 0 aromatic carbocycles. The van der Waals surface area contributed by atoms with Gasteiger partial charge in [0.1, 0.15) is 195 Å². The molecule has 1 aromatic rings. The van der Waals surface area contributed by atoms with Gasteiger partial charge < -0.3 is 193 Å². The molecule has 30 aliphatic heterocycles. The van der Waals surface area contributed by atoms with Crippen LogP contribution in [0, 0.1) is 0 Å². The molecule has 0 amide bonds. The fourth-order valence-corrected chi connectivity index (χ4v) is 12.7. The lowest BCUT2D eigenvalue weighted by atomic mass is 9.94. The summed E-state index contributed by atoms with van der Waals surface area (Å²) < 4.78 is 94.4. The first-order valence-corrected chi connectivity index (χ1v) is 30.0. The molecule has 40 atom stereocenters. The Morgan fingerprint density at radius 2 is 0.344 bits per heavy atom. The molecule has 1 aromatic heterocycles. The van der Waals surface area contributed by atoms with Crippen molar-refractivity contribution in [3.63, 3.8) is 0 Å². The minimum absolute atomic E-state index is 0.274. The standard InChI is InChI=1S/C53H84NO39/c55-7-15-39-24(64)32(72)48(80-15)89-41-17(9-57)82-50(34(74)26(41)66)91-43-19(11-59)84-52(36(76)28(43)68)93-45-21(13-61)85-53(37(77)29(45)69)92-44-20(12-60)83-51(35(75)27(44)67)90-42-18(10-58)81-49(33(73)25(42)65)88-40-16(8-56)79-47(31(71)23(40)63)86-38-14(6-54-4-2-1-3-5-54)78-46(87-39)30(70)22(38)62/h1-5,14-53,55-77H,6-13H2/q+1/t14-,15-,16-,17-,18-,19-,20-,21-,22-,23-,24+,25-,26-,27-,28-,29+,30-,31-,32+,33-,34+,35-,36-,37+,38-,39-,40-,41-,42-,43-,44-,45-,46-,47-,48-,49-,50-,51-,52-,53-/m1/s1. The second kappa shape index (κ2) is 31.4. The van der Waals surface area contributed by atoms with Gasteiger partial charge in [-0.2, -0.15) is 0 Å². The van der Waals surface area contributed by atoms with E-state index in [9.17, 15) is 117 Å². The van der Waals surface area contributed by atoms with Crippen molar-refractivity contribution in [1.82, 2.24) is 0 Å². The maximum Gasteiger partial charge on any atom is 0.187 e.